The molecule has 2 nitrogen and oxygen atoms in total. The second-order valence-corrected chi connectivity index (χ2v) is 4.75. The maximum Gasteiger partial charge on any atom is 0.0723 e. The Morgan fingerprint density at radius 2 is 1.77 bits per heavy atom. The van der Waals surface area contributed by atoms with Gasteiger partial charge >= 0.3 is 0 Å². The number of nitrogens with zero attached hydrogens (tertiary/aromatic N) is 1. The Balaban J connectivity index is 4.38. The monoisotopic (exact) mass is 187 g/mol. The Kier molecular flexibility index (Phi) is 4.93. The minimum atomic E-state index is -0.229. The number of aliphatic hydroxyl groups excluding tert-OH is 1. The first-order valence-electron chi connectivity index (χ1n) is 5.20. The number of hydrogen-bond acceptors (Lipinski definition) is 2. The summed E-state index contributed by atoms with van der Waals surface area (Å²) in [4.78, 5) is 2.13. The van der Waals surface area contributed by atoms with E-state index in [-0.39, 0.29) is 11.6 Å². The molecule has 80 valence electrons. The summed E-state index contributed by atoms with van der Waals surface area (Å²) >= 11 is 0. The van der Waals surface area contributed by atoms with E-state index >= 15 is 0 Å². The maximum absolute atomic E-state index is 10.1. The first-order chi connectivity index (χ1) is 5.84. The van der Waals surface area contributed by atoms with Gasteiger partial charge in [-0.05, 0) is 39.8 Å². The molecule has 0 aliphatic rings. The number of aliphatic hydroxyl groups is 1. The average Bonchev–Trinajstić information content (AvgIpc) is 2.01. The van der Waals surface area contributed by atoms with Crippen LogP contribution in [0.15, 0.2) is 0 Å². The summed E-state index contributed by atoms with van der Waals surface area (Å²) in [6, 6.07) is 0. The molecule has 1 N–H and O–H groups in total. The van der Waals surface area contributed by atoms with Crippen molar-refractivity contribution in [3.8, 4) is 0 Å². The molecule has 2 atom stereocenters. The van der Waals surface area contributed by atoms with Crippen LogP contribution in [0.4, 0.5) is 0 Å². The molecular formula is C11H25NO. The SMILES string of the molecule is CCC(C)(C(O)CC(C)C)N(C)C. The van der Waals surface area contributed by atoms with Crippen LogP contribution < -0.4 is 0 Å². The van der Waals surface area contributed by atoms with Crippen LogP contribution in [-0.4, -0.2) is 35.7 Å². The summed E-state index contributed by atoms with van der Waals surface area (Å²) in [5.74, 6) is 0.556. The van der Waals surface area contributed by atoms with Gasteiger partial charge in [0, 0.05) is 5.54 Å². The van der Waals surface area contributed by atoms with Crippen molar-refractivity contribution in [3.05, 3.63) is 0 Å². The summed E-state index contributed by atoms with van der Waals surface area (Å²) < 4.78 is 0. The highest BCUT2D eigenvalue weighted by Crippen LogP contribution is 2.25. The predicted octanol–water partition coefficient (Wildman–Crippen LogP) is 2.12. The van der Waals surface area contributed by atoms with E-state index in [9.17, 15) is 5.11 Å². The smallest absolute Gasteiger partial charge is 0.0723 e. The zero-order valence-electron chi connectivity index (χ0n) is 9.96. The van der Waals surface area contributed by atoms with E-state index in [0.717, 1.165) is 12.8 Å². The van der Waals surface area contributed by atoms with Crippen LogP contribution in [0.3, 0.4) is 0 Å². The van der Waals surface area contributed by atoms with Crippen LogP contribution in [0.25, 0.3) is 0 Å². The van der Waals surface area contributed by atoms with Crippen molar-refractivity contribution in [1.29, 1.82) is 0 Å². The lowest BCUT2D eigenvalue weighted by Gasteiger charge is -2.40. The van der Waals surface area contributed by atoms with E-state index < -0.39 is 0 Å². The van der Waals surface area contributed by atoms with E-state index in [4.69, 9.17) is 0 Å². The lowest BCUT2D eigenvalue weighted by molar-refractivity contribution is -0.00919. The van der Waals surface area contributed by atoms with Crippen molar-refractivity contribution < 1.29 is 5.11 Å². The summed E-state index contributed by atoms with van der Waals surface area (Å²) in [5.41, 5.74) is -0.0791. The number of likely N-dealkylation sites (N-methyl/N-ethyl adjacent to an activating group) is 1. The molecule has 2 unspecified atom stereocenters. The number of rotatable bonds is 5. The fraction of sp³-hybridized carbons (Fsp3) is 1.00. The van der Waals surface area contributed by atoms with Gasteiger partial charge in [-0.15, -0.1) is 0 Å². The van der Waals surface area contributed by atoms with Gasteiger partial charge in [-0.1, -0.05) is 20.8 Å². The summed E-state index contributed by atoms with van der Waals surface area (Å²) in [7, 11) is 4.07. The molecule has 0 bridgehead atoms. The van der Waals surface area contributed by atoms with Gasteiger partial charge < -0.3 is 10.0 Å². The van der Waals surface area contributed by atoms with Crippen LogP contribution >= 0.6 is 0 Å². The molecule has 0 spiro atoms. The third-order valence-electron chi connectivity index (χ3n) is 3.15. The highest BCUT2D eigenvalue weighted by Gasteiger charge is 2.33. The van der Waals surface area contributed by atoms with Gasteiger partial charge in [0.25, 0.3) is 0 Å². The second-order valence-electron chi connectivity index (χ2n) is 4.75. The largest absolute Gasteiger partial charge is 0.391 e. The van der Waals surface area contributed by atoms with Crippen molar-refractivity contribution in [2.45, 2.75) is 52.2 Å². The van der Waals surface area contributed by atoms with E-state index in [1.165, 1.54) is 0 Å². The molecule has 0 heterocycles. The van der Waals surface area contributed by atoms with Crippen molar-refractivity contribution in [2.75, 3.05) is 14.1 Å². The van der Waals surface area contributed by atoms with Gasteiger partial charge in [0.1, 0.15) is 0 Å². The van der Waals surface area contributed by atoms with Crippen LogP contribution in [0.2, 0.25) is 0 Å². The molecular weight excluding hydrogens is 162 g/mol. The highest BCUT2D eigenvalue weighted by molar-refractivity contribution is 4.89. The van der Waals surface area contributed by atoms with Crippen LogP contribution in [-0.2, 0) is 0 Å². The molecule has 0 fully saturated rings. The predicted molar refractivity (Wildman–Crippen MR) is 57.8 cm³/mol. The molecule has 0 rings (SSSR count). The van der Waals surface area contributed by atoms with Crippen molar-refractivity contribution in [2.24, 2.45) is 5.92 Å². The van der Waals surface area contributed by atoms with E-state index in [1.807, 2.05) is 14.1 Å². The van der Waals surface area contributed by atoms with Gasteiger partial charge in [0.2, 0.25) is 0 Å². The second kappa shape index (κ2) is 4.97. The number of hydrogen-bond donors (Lipinski definition) is 1. The quantitative estimate of drug-likeness (QED) is 0.712. The normalized spacial score (nSPS) is 19.2. The molecule has 0 aromatic rings. The van der Waals surface area contributed by atoms with Crippen molar-refractivity contribution in [3.63, 3.8) is 0 Å². The summed E-state index contributed by atoms with van der Waals surface area (Å²) in [6.07, 6.45) is 1.63. The van der Waals surface area contributed by atoms with Crippen molar-refractivity contribution >= 4 is 0 Å². The summed E-state index contributed by atoms with van der Waals surface area (Å²) in [6.45, 7) is 8.55. The van der Waals surface area contributed by atoms with E-state index in [0.29, 0.717) is 5.92 Å². The molecule has 0 saturated carbocycles. The Hall–Kier alpha value is -0.0800. The Bertz CT molecular complexity index is 145. The zero-order valence-corrected chi connectivity index (χ0v) is 9.96. The Morgan fingerprint density at radius 3 is 2.00 bits per heavy atom. The molecule has 0 radical (unpaired) electrons. The van der Waals surface area contributed by atoms with Gasteiger partial charge in [-0.25, -0.2) is 0 Å². The molecule has 0 saturated heterocycles. The van der Waals surface area contributed by atoms with Gasteiger partial charge in [0.15, 0.2) is 0 Å². The lowest BCUT2D eigenvalue weighted by Crippen LogP contribution is -2.51. The molecule has 0 aromatic heterocycles. The average molecular weight is 187 g/mol. The zero-order chi connectivity index (χ0) is 10.6. The summed E-state index contributed by atoms with van der Waals surface area (Å²) in [5, 5.41) is 10.1. The van der Waals surface area contributed by atoms with Crippen LogP contribution in [0.5, 0.6) is 0 Å². The Labute approximate surface area is 82.9 Å². The third kappa shape index (κ3) is 3.28. The van der Waals surface area contributed by atoms with Gasteiger partial charge in [-0.2, -0.15) is 0 Å². The first kappa shape index (κ1) is 12.9. The fourth-order valence-electron chi connectivity index (χ4n) is 1.55. The topological polar surface area (TPSA) is 23.5 Å². The standard InChI is InChI=1S/C11H25NO/c1-7-11(4,12(5)6)10(13)8-9(2)3/h9-10,13H,7-8H2,1-6H3. The van der Waals surface area contributed by atoms with E-state index in [1.54, 1.807) is 0 Å². The molecule has 0 aliphatic carbocycles. The molecule has 2 heteroatoms. The third-order valence-corrected chi connectivity index (χ3v) is 3.15. The minimum absolute atomic E-state index is 0.0791. The van der Waals surface area contributed by atoms with Gasteiger partial charge in [0.05, 0.1) is 6.10 Å². The molecule has 0 aromatic carbocycles. The first-order valence-corrected chi connectivity index (χ1v) is 5.20. The van der Waals surface area contributed by atoms with Crippen LogP contribution in [0.1, 0.15) is 40.5 Å². The highest BCUT2D eigenvalue weighted by atomic mass is 16.3. The van der Waals surface area contributed by atoms with Crippen LogP contribution in [0, 0.1) is 5.92 Å². The van der Waals surface area contributed by atoms with Crippen molar-refractivity contribution in [1.82, 2.24) is 4.90 Å². The van der Waals surface area contributed by atoms with Gasteiger partial charge in [-0.3, -0.25) is 0 Å². The maximum atomic E-state index is 10.1. The fourth-order valence-corrected chi connectivity index (χ4v) is 1.55. The molecule has 13 heavy (non-hydrogen) atoms. The lowest BCUT2D eigenvalue weighted by atomic mass is 9.85. The van der Waals surface area contributed by atoms with E-state index in [2.05, 4.69) is 32.6 Å². The minimum Gasteiger partial charge on any atom is -0.391 e. The molecule has 0 amide bonds. The Morgan fingerprint density at radius 1 is 1.31 bits per heavy atom. The molecule has 0 aliphatic heterocycles.